The van der Waals surface area contributed by atoms with Gasteiger partial charge in [0, 0.05) is 19.1 Å². The van der Waals surface area contributed by atoms with Gasteiger partial charge < -0.3 is 14.7 Å². The summed E-state index contributed by atoms with van der Waals surface area (Å²) in [5.74, 6) is 1.27. The highest BCUT2D eigenvalue weighted by Crippen LogP contribution is 2.08. The highest BCUT2D eigenvalue weighted by molar-refractivity contribution is 5.24. The van der Waals surface area contributed by atoms with Crippen LogP contribution in [0.3, 0.4) is 0 Å². The van der Waals surface area contributed by atoms with Gasteiger partial charge in [-0.25, -0.2) is 0 Å². The number of aromatic nitrogens is 2. The molecule has 0 aliphatic heterocycles. The predicted octanol–water partition coefficient (Wildman–Crippen LogP) is 1.41. The molecule has 0 aliphatic carbocycles. The molecule has 0 aliphatic rings. The maximum atomic E-state index is 5.12. The molecule has 0 saturated heterocycles. The first kappa shape index (κ1) is 12.0. The molecule has 1 heterocycles. The summed E-state index contributed by atoms with van der Waals surface area (Å²) in [6.45, 7) is 9.82. The Hall–Kier alpha value is -1.10. The second kappa shape index (κ2) is 4.61. The smallest absolute Gasteiger partial charge is 0.265 e. The maximum Gasteiger partial charge on any atom is 0.265 e. The lowest BCUT2D eigenvalue weighted by atomic mass is 10.1. The van der Waals surface area contributed by atoms with Crippen LogP contribution in [0.2, 0.25) is 0 Å². The van der Waals surface area contributed by atoms with Crippen LogP contribution >= 0.6 is 0 Å². The third kappa shape index (κ3) is 3.87. The van der Waals surface area contributed by atoms with E-state index in [-0.39, 0.29) is 5.54 Å². The van der Waals surface area contributed by atoms with Gasteiger partial charge in [0.25, 0.3) is 5.95 Å². The van der Waals surface area contributed by atoms with E-state index in [9.17, 15) is 0 Å². The number of nitrogens with one attached hydrogen (secondary N) is 1. The third-order valence-corrected chi connectivity index (χ3v) is 2.04. The van der Waals surface area contributed by atoms with Crippen LogP contribution in [-0.2, 0) is 6.54 Å². The Kier molecular flexibility index (Phi) is 3.68. The molecule has 0 fully saturated rings. The number of anilines is 1. The zero-order chi connectivity index (χ0) is 11.5. The second-order valence-corrected chi connectivity index (χ2v) is 4.61. The summed E-state index contributed by atoms with van der Waals surface area (Å²) in [4.78, 5) is 6.20. The molecule has 5 heteroatoms. The fourth-order valence-corrected chi connectivity index (χ4v) is 0.955. The van der Waals surface area contributed by atoms with Crippen LogP contribution in [0.25, 0.3) is 0 Å². The van der Waals surface area contributed by atoms with Crippen molar-refractivity contribution in [2.45, 2.75) is 39.8 Å². The Labute approximate surface area is 90.8 Å². The number of hydrogen-bond acceptors (Lipinski definition) is 5. The van der Waals surface area contributed by atoms with Gasteiger partial charge in [-0.15, -0.1) is 0 Å². The van der Waals surface area contributed by atoms with Gasteiger partial charge in [0.05, 0.1) is 6.54 Å². The zero-order valence-corrected chi connectivity index (χ0v) is 10.2. The fraction of sp³-hybridized carbons (Fsp3) is 0.800. The summed E-state index contributed by atoms with van der Waals surface area (Å²) in [6, 6.07) is 0. The molecule has 86 valence electrons. The van der Waals surface area contributed by atoms with Gasteiger partial charge in [-0.05, 0) is 32.9 Å². The molecular formula is C10H20N4O. The van der Waals surface area contributed by atoms with Gasteiger partial charge in [-0.3, -0.25) is 0 Å². The molecule has 1 aromatic heterocycles. The molecule has 1 aromatic rings. The highest BCUT2D eigenvalue weighted by atomic mass is 16.5. The fourth-order valence-electron chi connectivity index (χ4n) is 0.955. The summed E-state index contributed by atoms with van der Waals surface area (Å²) in [6.07, 6.45) is 0. The Morgan fingerprint density at radius 2 is 2.07 bits per heavy atom. The summed E-state index contributed by atoms with van der Waals surface area (Å²) in [5, 5.41) is 7.18. The van der Waals surface area contributed by atoms with Crippen molar-refractivity contribution in [1.82, 2.24) is 15.5 Å². The van der Waals surface area contributed by atoms with Crippen molar-refractivity contribution in [3.05, 3.63) is 5.89 Å². The van der Waals surface area contributed by atoms with Crippen molar-refractivity contribution >= 4 is 5.95 Å². The quantitative estimate of drug-likeness (QED) is 0.818. The lowest BCUT2D eigenvalue weighted by Gasteiger charge is -2.18. The van der Waals surface area contributed by atoms with E-state index in [2.05, 4.69) is 36.2 Å². The first-order chi connectivity index (χ1) is 6.92. The molecule has 15 heavy (non-hydrogen) atoms. The minimum atomic E-state index is 0.0608. The highest BCUT2D eigenvalue weighted by Gasteiger charge is 2.13. The minimum Gasteiger partial charge on any atom is -0.342 e. The molecule has 0 saturated carbocycles. The lowest BCUT2D eigenvalue weighted by molar-refractivity contribution is 0.336. The zero-order valence-electron chi connectivity index (χ0n) is 10.2. The molecule has 0 radical (unpaired) electrons. The van der Waals surface area contributed by atoms with E-state index in [4.69, 9.17) is 4.52 Å². The normalized spacial score (nSPS) is 11.8. The first-order valence-corrected chi connectivity index (χ1v) is 5.21. The molecule has 0 amide bonds. The topological polar surface area (TPSA) is 54.2 Å². The Balaban J connectivity index is 2.53. The van der Waals surface area contributed by atoms with E-state index in [0.29, 0.717) is 18.4 Å². The summed E-state index contributed by atoms with van der Waals surface area (Å²) >= 11 is 0. The van der Waals surface area contributed by atoms with Crippen LogP contribution < -0.4 is 10.2 Å². The molecule has 5 nitrogen and oxygen atoms in total. The summed E-state index contributed by atoms with van der Waals surface area (Å²) in [7, 11) is 1.94. The molecule has 1 rings (SSSR count). The molecular weight excluding hydrogens is 192 g/mol. The van der Waals surface area contributed by atoms with Crippen molar-refractivity contribution in [3.63, 3.8) is 0 Å². The molecule has 0 atom stereocenters. The molecule has 1 N–H and O–H groups in total. The lowest BCUT2D eigenvalue weighted by Crippen LogP contribution is -2.35. The maximum absolute atomic E-state index is 5.12. The number of rotatable bonds is 4. The van der Waals surface area contributed by atoms with Gasteiger partial charge in [0.1, 0.15) is 0 Å². The standard InChI is InChI=1S/C10H20N4O/c1-6-14(5)9-12-8(15-13-9)7-11-10(2,3)4/h11H,6-7H2,1-5H3. The van der Waals surface area contributed by atoms with Crippen LogP contribution in [0.15, 0.2) is 4.52 Å². The van der Waals surface area contributed by atoms with Gasteiger partial charge in [0.15, 0.2) is 0 Å². The average molecular weight is 212 g/mol. The Bertz CT molecular complexity index is 303. The molecule has 0 bridgehead atoms. The van der Waals surface area contributed by atoms with Crippen LogP contribution in [0.4, 0.5) is 5.95 Å². The van der Waals surface area contributed by atoms with E-state index in [0.717, 1.165) is 6.54 Å². The Morgan fingerprint density at radius 3 is 2.60 bits per heavy atom. The van der Waals surface area contributed by atoms with Crippen molar-refractivity contribution in [2.24, 2.45) is 0 Å². The van der Waals surface area contributed by atoms with Gasteiger partial charge in [0.2, 0.25) is 5.89 Å². The monoisotopic (exact) mass is 212 g/mol. The van der Waals surface area contributed by atoms with Crippen molar-refractivity contribution in [1.29, 1.82) is 0 Å². The molecule has 0 unspecified atom stereocenters. The largest absolute Gasteiger partial charge is 0.342 e. The number of hydrogen-bond donors (Lipinski definition) is 1. The van der Waals surface area contributed by atoms with Crippen molar-refractivity contribution < 1.29 is 4.52 Å². The molecule has 0 spiro atoms. The van der Waals surface area contributed by atoms with E-state index in [1.54, 1.807) is 0 Å². The van der Waals surface area contributed by atoms with E-state index in [1.807, 2.05) is 18.9 Å². The van der Waals surface area contributed by atoms with Crippen LogP contribution in [-0.4, -0.2) is 29.3 Å². The predicted molar refractivity (Wildman–Crippen MR) is 59.8 cm³/mol. The van der Waals surface area contributed by atoms with Crippen molar-refractivity contribution in [3.8, 4) is 0 Å². The second-order valence-electron chi connectivity index (χ2n) is 4.61. The van der Waals surface area contributed by atoms with Gasteiger partial charge in [-0.1, -0.05) is 0 Å². The van der Waals surface area contributed by atoms with Gasteiger partial charge in [-0.2, -0.15) is 4.98 Å². The van der Waals surface area contributed by atoms with Gasteiger partial charge >= 0.3 is 0 Å². The van der Waals surface area contributed by atoms with E-state index >= 15 is 0 Å². The Morgan fingerprint density at radius 1 is 1.40 bits per heavy atom. The number of nitrogens with zero attached hydrogens (tertiary/aromatic N) is 3. The molecule has 0 aromatic carbocycles. The average Bonchev–Trinajstić information content (AvgIpc) is 2.61. The van der Waals surface area contributed by atoms with Crippen molar-refractivity contribution in [2.75, 3.05) is 18.5 Å². The summed E-state index contributed by atoms with van der Waals surface area (Å²) in [5.41, 5.74) is 0.0608. The van der Waals surface area contributed by atoms with Crippen LogP contribution in [0.5, 0.6) is 0 Å². The third-order valence-electron chi connectivity index (χ3n) is 2.04. The SMILES string of the molecule is CCN(C)c1noc(CNC(C)(C)C)n1. The van der Waals surface area contributed by atoms with Crippen LogP contribution in [0, 0.1) is 0 Å². The summed E-state index contributed by atoms with van der Waals surface area (Å²) < 4.78 is 5.12. The van der Waals surface area contributed by atoms with E-state index < -0.39 is 0 Å². The van der Waals surface area contributed by atoms with E-state index in [1.165, 1.54) is 0 Å². The minimum absolute atomic E-state index is 0.0608. The first-order valence-electron chi connectivity index (χ1n) is 5.21. The van der Waals surface area contributed by atoms with Crippen LogP contribution in [0.1, 0.15) is 33.6 Å².